The second-order valence-electron chi connectivity index (χ2n) is 4.48. The summed E-state index contributed by atoms with van der Waals surface area (Å²) in [6.07, 6.45) is 4.68. The third-order valence-electron chi connectivity index (χ3n) is 2.89. The summed E-state index contributed by atoms with van der Waals surface area (Å²) in [7, 11) is 0. The van der Waals surface area contributed by atoms with Gasteiger partial charge >= 0.3 is 0 Å². The fourth-order valence-electron chi connectivity index (χ4n) is 1.89. The van der Waals surface area contributed by atoms with E-state index in [2.05, 4.69) is 10.4 Å². The SMILES string of the molecule is O=C(Nc1cnn(Cc2ccc(F)cc2)c1)c1ccco1. The number of anilines is 1. The number of carbonyl (C=O) groups is 1. The summed E-state index contributed by atoms with van der Waals surface area (Å²) in [5.74, 6) is -0.367. The highest BCUT2D eigenvalue weighted by molar-refractivity contribution is 6.02. The number of halogens is 1. The van der Waals surface area contributed by atoms with E-state index in [-0.39, 0.29) is 17.5 Å². The van der Waals surface area contributed by atoms with Crippen LogP contribution in [0.15, 0.2) is 59.5 Å². The molecule has 0 aliphatic carbocycles. The van der Waals surface area contributed by atoms with Crippen LogP contribution in [0.2, 0.25) is 0 Å². The number of furan rings is 1. The summed E-state index contributed by atoms with van der Waals surface area (Å²) < 4.78 is 19.5. The number of carbonyl (C=O) groups excluding carboxylic acids is 1. The molecule has 106 valence electrons. The molecule has 0 saturated carbocycles. The largest absolute Gasteiger partial charge is 0.459 e. The first-order chi connectivity index (χ1) is 10.2. The molecule has 1 amide bonds. The molecule has 3 rings (SSSR count). The van der Waals surface area contributed by atoms with Crippen molar-refractivity contribution in [2.45, 2.75) is 6.54 Å². The highest BCUT2D eigenvalue weighted by Crippen LogP contribution is 2.11. The van der Waals surface area contributed by atoms with Crippen LogP contribution in [-0.4, -0.2) is 15.7 Å². The summed E-state index contributed by atoms with van der Waals surface area (Å²) in [5.41, 5.74) is 1.49. The van der Waals surface area contributed by atoms with Gasteiger partial charge < -0.3 is 9.73 Å². The second kappa shape index (κ2) is 5.62. The Morgan fingerprint density at radius 3 is 2.81 bits per heavy atom. The summed E-state index contributed by atoms with van der Waals surface area (Å²) in [6.45, 7) is 0.497. The molecule has 6 heteroatoms. The monoisotopic (exact) mass is 285 g/mol. The van der Waals surface area contributed by atoms with Gasteiger partial charge in [0, 0.05) is 6.20 Å². The van der Waals surface area contributed by atoms with Crippen LogP contribution in [0.5, 0.6) is 0 Å². The van der Waals surface area contributed by atoms with Crippen LogP contribution in [0.25, 0.3) is 0 Å². The molecule has 1 N–H and O–H groups in total. The maximum atomic E-state index is 12.8. The molecule has 0 unspecified atom stereocenters. The quantitative estimate of drug-likeness (QED) is 0.801. The number of rotatable bonds is 4. The minimum absolute atomic E-state index is 0.237. The lowest BCUT2D eigenvalue weighted by molar-refractivity contribution is 0.0996. The van der Waals surface area contributed by atoms with Crippen molar-refractivity contribution in [1.29, 1.82) is 0 Å². The van der Waals surface area contributed by atoms with E-state index in [1.54, 1.807) is 41.3 Å². The normalized spacial score (nSPS) is 10.5. The van der Waals surface area contributed by atoms with E-state index >= 15 is 0 Å². The molecule has 5 nitrogen and oxygen atoms in total. The number of nitrogens with one attached hydrogen (secondary N) is 1. The zero-order valence-corrected chi connectivity index (χ0v) is 11.0. The van der Waals surface area contributed by atoms with Crippen molar-refractivity contribution in [1.82, 2.24) is 9.78 Å². The average molecular weight is 285 g/mol. The molecule has 0 fully saturated rings. The second-order valence-corrected chi connectivity index (χ2v) is 4.48. The minimum atomic E-state index is -0.332. The van der Waals surface area contributed by atoms with E-state index in [0.717, 1.165) is 5.56 Å². The van der Waals surface area contributed by atoms with Crippen LogP contribution in [0.3, 0.4) is 0 Å². The van der Waals surface area contributed by atoms with Gasteiger partial charge in [0.05, 0.1) is 24.7 Å². The van der Waals surface area contributed by atoms with Crippen LogP contribution < -0.4 is 5.32 Å². The topological polar surface area (TPSA) is 60.1 Å². The molecule has 0 spiro atoms. The molecule has 0 saturated heterocycles. The molecule has 2 heterocycles. The molecule has 0 atom stereocenters. The maximum Gasteiger partial charge on any atom is 0.291 e. The summed E-state index contributed by atoms with van der Waals surface area (Å²) in [5, 5.41) is 6.83. The highest BCUT2D eigenvalue weighted by atomic mass is 19.1. The summed E-state index contributed by atoms with van der Waals surface area (Å²) in [6, 6.07) is 9.41. The lowest BCUT2D eigenvalue weighted by atomic mass is 10.2. The van der Waals surface area contributed by atoms with Gasteiger partial charge in [0.1, 0.15) is 5.82 Å². The van der Waals surface area contributed by atoms with Gasteiger partial charge in [0.2, 0.25) is 0 Å². The fourth-order valence-corrected chi connectivity index (χ4v) is 1.89. The van der Waals surface area contributed by atoms with Crippen molar-refractivity contribution in [3.8, 4) is 0 Å². The Kier molecular flexibility index (Phi) is 3.51. The highest BCUT2D eigenvalue weighted by Gasteiger charge is 2.09. The molecular formula is C15H12FN3O2. The van der Waals surface area contributed by atoms with Crippen LogP contribution in [-0.2, 0) is 6.54 Å². The Bertz CT molecular complexity index is 733. The van der Waals surface area contributed by atoms with E-state index in [1.807, 2.05) is 0 Å². The van der Waals surface area contributed by atoms with Crippen molar-refractivity contribution in [3.63, 3.8) is 0 Å². The van der Waals surface area contributed by atoms with Gasteiger partial charge in [-0.2, -0.15) is 5.10 Å². The van der Waals surface area contributed by atoms with E-state index in [9.17, 15) is 9.18 Å². The van der Waals surface area contributed by atoms with Crippen LogP contribution in [0, 0.1) is 5.82 Å². The molecule has 0 aliphatic rings. The van der Waals surface area contributed by atoms with Crippen molar-refractivity contribution >= 4 is 11.6 Å². The first-order valence-corrected chi connectivity index (χ1v) is 6.32. The number of hydrogen-bond donors (Lipinski definition) is 1. The number of nitrogens with zero attached hydrogens (tertiary/aromatic N) is 2. The molecule has 3 aromatic rings. The number of aromatic nitrogens is 2. The van der Waals surface area contributed by atoms with Crippen LogP contribution in [0.1, 0.15) is 16.1 Å². The van der Waals surface area contributed by atoms with Gasteiger partial charge in [-0.1, -0.05) is 12.1 Å². The van der Waals surface area contributed by atoms with E-state index in [0.29, 0.717) is 12.2 Å². The summed E-state index contributed by atoms with van der Waals surface area (Å²) >= 11 is 0. The third kappa shape index (κ3) is 3.17. The van der Waals surface area contributed by atoms with Gasteiger partial charge in [-0.3, -0.25) is 9.48 Å². The molecule has 0 aliphatic heterocycles. The van der Waals surface area contributed by atoms with E-state index in [1.165, 1.54) is 18.4 Å². The van der Waals surface area contributed by atoms with Gasteiger partial charge in [0.15, 0.2) is 5.76 Å². The summed E-state index contributed by atoms with van der Waals surface area (Å²) in [4.78, 5) is 11.8. The van der Waals surface area contributed by atoms with Gasteiger partial charge in [-0.15, -0.1) is 0 Å². The predicted molar refractivity (Wildman–Crippen MR) is 74.4 cm³/mol. The van der Waals surface area contributed by atoms with Gasteiger partial charge in [-0.05, 0) is 29.8 Å². The van der Waals surface area contributed by atoms with Crippen molar-refractivity contribution in [2.75, 3.05) is 5.32 Å². The Balaban J connectivity index is 1.66. The Hall–Kier alpha value is -2.89. The molecule has 0 radical (unpaired) electrons. The number of hydrogen-bond acceptors (Lipinski definition) is 3. The predicted octanol–water partition coefficient (Wildman–Crippen LogP) is 2.92. The molecule has 0 bridgehead atoms. The Morgan fingerprint density at radius 2 is 2.10 bits per heavy atom. The first-order valence-electron chi connectivity index (χ1n) is 6.32. The van der Waals surface area contributed by atoms with Crippen molar-refractivity contribution in [3.05, 3.63) is 72.2 Å². The van der Waals surface area contributed by atoms with Gasteiger partial charge in [0.25, 0.3) is 5.91 Å². The molecular weight excluding hydrogens is 273 g/mol. The van der Waals surface area contributed by atoms with E-state index < -0.39 is 0 Å². The minimum Gasteiger partial charge on any atom is -0.459 e. The third-order valence-corrected chi connectivity index (χ3v) is 2.89. The van der Waals surface area contributed by atoms with Crippen LogP contribution >= 0.6 is 0 Å². The van der Waals surface area contributed by atoms with Crippen molar-refractivity contribution in [2.24, 2.45) is 0 Å². The number of amides is 1. The molecule has 2 aromatic heterocycles. The standard InChI is InChI=1S/C15H12FN3O2/c16-12-5-3-11(4-6-12)9-19-10-13(8-17-19)18-15(20)14-2-1-7-21-14/h1-8,10H,9H2,(H,18,20). The Morgan fingerprint density at radius 1 is 1.29 bits per heavy atom. The van der Waals surface area contributed by atoms with E-state index in [4.69, 9.17) is 4.42 Å². The van der Waals surface area contributed by atoms with Gasteiger partial charge in [-0.25, -0.2) is 4.39 Å². The lowest BCUT2D eigenvalue weighted by Gasteiger charge is -2.01. The smallest absolute Gasteiger partial charge is 0.291 e. The Labute approximate surface area is 120 Å². The zero-order chi connectivity index (χ0) is 14.7. The van der Waals surface area contributed by atoms with Crippen LogP contribution in [0.4, 0.5) is 10.1 Å². The number of benzene rings is 1. The first kappa shape index (κ1) is 13.1. The lowest BCUT2D eigenvalue weighted by Crippen LogP contribution is -2.10. The maximum absolute atomic E-state index is 12.8. The fraction of sp³-hybridized carbons (Fsp3) is 0.0667. The van der Waals surface area contributed by atoms with Crippen molar-refractivity contribution < 1.29 is 13.6 Å². The molecule has 21 heavy (non-hydrogen) atoms. The molecule has 1 aromatic carbocycles. The average Bonchev–Trinajstić information content (AvgIpc) is 3.13. The zero-order valence-electron chi connectivity index (χ0n) is 11.0.